The molecule has 8 heteroatoms. The normalized spacial score (nSPS) is 14.6. The van der Waals surface area contributed by atoms with Crippen LogP contribution in [0.2, 0.25) is 0 Å². The minimum atomic E-state index is -0.208. The molecule has 232 valence electrons. The lowest BCUT2D eigenvalue weighted by Crippen LogP contribution is -2.44. The number of hydrogen-bond acceptors (Lipinski definition) is 7. The van der Waals surface area contributed by atoms with Crippen molar-refractivity contribution in [1.29, 1.82) is 0 Å². The van der Waals surface area contributed by atoms with Gasteiger partial charge in [-0.3, -0.25) is 9.59 Å². The highest BCUT2D eigenvalue weighted by Gasteiger charge is 2.27. The lowest BCUT2D eigenvalue weighted by Gasteiger charge is -2.32. The molecule has 1 fully saturated rings. The van der Waals surface area contributed by atoms with Gasteiger partial charge in [0, 0.05) is 62.8 Å². The summed E-state index contributed by atoms with van der Waals surface area (Å²) >= 11 is 0. The van der Waals surface area contributed by atoms with E-state index in [1.165, 1.54) is 24.6 Å². The van der Waals surface area contributed by atoms with Crippen LogP contribution in [0.4, 0.5) is 11.4 Å². The van der Waals surface area contributed by atoms with Gasteiger partial charge in [-0.15, -0.1) is 0 Å². The molecule has 1 saturated heterocycles. The largest absolute Gasteiger partial charge is 0.494 e. The number of piperazine rings is 1. The van der Waals surface area contributed by atoms with Crippen molar-refractivity contribution in [2.45, 2.75) is 53.6 Å². The van der Waals surface area contributed by atoms with Gasteiger partial charge in [0.2, 0.25) is 0 Å². The molecule has 0 aromatic heterocycles. The fourth-order valence-corrected chi connectivity index (χ4v) is 5.16. The van der Waals surface area contributed by atoms with Gasteiger partial charge in [0.25, 0.3) is 5.91 Å². The smallest absolute Gasteiger partial charge is 0.256 e. The van der Waals surface area contributed by atoms with E-state index in [0.29, 0.717) is 30.8 Å². The maximum atomic E-state index is 13.1. The Balaban J connectivity index is 0.000000433. The number of ketones is 1. The summed E-state index contributed by atoms with van der Waals surface area (Å²) in [5.74, 6) is 0.425. The molecule has 0 saturated carbocycles. The third kappa shape index (κ3) is 9.56. The summed E-state index contributed by atoms with van der Waals surface area (Å²) in [6.45, 7) is 14.8. The number of nitrogens with zero attached hydrogens (tertiary/aromatic N) is 3. The molecule has 0 spiro atoms. The number of carbonyl (C=O) groups excluding carboxylic acids is 2. The zero-order valence-corrected chi connectivity index (χ0v) is 26.6. The molecule has 3 aromatic rings. The molecular weight excluding hydrogens is 538 g/mol. The number of fused-ring (bicyclic) bond motifs is 1. The van der Waals surface area contributed by atoms with Gasteiger partial charge in [0.15, 0.2) is 5.78 Å². The van der Waals surface area contributed by atoms with Crippen molar-refractivity contribution in [2.24, 2.45) is 0 Å². The molecule has 8 nitrogen and oxygen atoms in total. The SMILES string of the molecule is CC.CC(=O)c1cc(C(=O)N2Cc3ccc(OCCCN4CCN(C)CC4)cc3C2)c(N)cc1N.CCc1ccccc1. The molecule has 3 aromatic carbocycles. The molecule has 2 aliphatic rings. The molecule has 4 N–H and O–H groups in total. The summed E-state index contributed by atoms with van der Waals surface area (Å²) in [7, 11) is 2.16. The second kappa shape index (κ2) is 16.7. The maximum absolute atomic E-state index is 13.1. The van der Waals surface area contributed by atoms with E-state index in [1.54, 1.807) is 4.90 Å². The number of aryl methyl sites for hydroxylation is 1. The number of nitrogens with two attached hydrogens (primary N) is 2. The molecule has 0 aliphatic carbocycles. The number of ether oxygens (including phenoxy) is 1. The van der Waals surface area contributed by atoms with Crippen molar-refractivity contribution in [3.05, 3.63) is 88.5 Å². The van der Waals surface area contributed by atoms with E-state index >= 15 is 0 Å². The Morgan fingerprint density at radius 2 is 1.49 bits per heavy atom. The number of benzene rings is 3. The van der Waals surface area contributed by atoms with Crippen molar-refractivity contribution in [3.63, 3.8) is 0 Å². The first-order valence-electron chi connectivity index (χ1n) is 15.4. The average Bonchev–Trinajstić information content (AvgIpc) is 3.45. The quantitative estimate of drug-likeness (QED) is 0.204. The van der Waals surface area contributed by atoms with Gasteiger partial charge in [-0.1, -0.05) is 57.2 Å². The minimum Gasteiger partial charge on any atom is -0.494 e. The molecule has 2 heterocycles. The molecule has 0 radical (unpaired) electrons. The van der Waals surface area contributed by atoms with E-state index < -0.39 is 0 Å². The highest BCUT2D eigenvalue weighted by atomic mass is 16.5. The van der Waals surface area contributed by atoms with Crippen molar-refractivity contribution in [3.8, 4) is 5.75 Å². The van der Waals surface area contributed by atoms with Crippen LogP contribution in [-0.4, -0.2) is 72.8 Å². The summed E-state index contributed by atoms with van der Waals surface area (Å²) in [6, 6.07) is 19.5. The number of Topliss-reactive ketones (excluding diaryl/α,β-unsaturated/α-hetero) is 1. The van der Waals surface area contributed by atoms with E-state index in [2.05, 4.69) is 48.0 Å². The van der Waals surface area contributed by atoms with E-state index in [1.807, 2.05) is 38.1 Å². The standard InChI is InChI=1S/C25H33N5O3.C8H10.C2H6/c1-17(31)21-13-22(24(27)14-23(21)26)25(32)30-15-18-4-5-20(12-19(18)16-30)33-11-3-6-29-9-7-28(2)8-10-29;1-2-8-6-4-3-5-7-8;1-2/h4-5,12-14H,3,6-11,15-16,26-27H2,1-2H3;3-7H,2H2,1H3;1-2H3. The first kappa shape index (κ1) is 33.6. The highest BCUT2D eigenvalue weighted by molar-refractivity contribution is 6.06. The number of rotatable bonds is 8. The molecule has 5 rings (SSSR count). The summed E-state index contributed by atoms with van der Waals surface area (Å²) in [5, 5.41) is 0. The number of amides is 1. The fraction of sp³-hybridized carbons (Fsp3) is 0.429. The van der Waals surface area contributed by atoms with Crippen LogP contribution in [0, 0.1) is 0 Å². The van der Waals surface area contributed by atoms with Crippen molar-refractivity contribution in [1.82, 2.24) is 14.7 Å². The Hall–Kier alpha value is -3.88. The third-order valence-corrected chi connectivity index (χ3v) is 7.75. The molecule has 0 atom stereocenters. The van der Waals surface area contributed by atoms with Crippen molar-refractivity contribution < 1.29 is 14.3 Å². The van der Waals surface area contributed by atoms with Gasteiger partial charge < -0.3 is 30.9 Å². The second-order valence-electron chi connectivity index (χ2n) is 10.9. The number of carbonyl (C=O) groups is 2. The van der Waals surface area contributed by atoms with Gasteiger partial charge in [0.1, 0.15) is 5.75 Å². The summed E-state index contributed by atoms with van der Waals surface area (Å²) in [5.41, 5.74) is 16.7. The maximum Gasteiger partial charge on any atom is 0.256 e. The number of nitrogen functional groups attached to an aromatic ring is 2. The first-order chi connectivity index (χ1) is 20.7. The van der Waals surface area contributed by atoms with E-state index in [-0.39, 0.29) is 23.1 Å². The van der Waals surface area contributed by atoms with Gasteiger partial charge >= 0.3 is 0 Å². The minimum absolute atomic E-state index is 0.194. The van der Waals surface area contributed by atoms with E-state index in [9.17, 15) is 9.59 Å². The van der Waals surface area contributed by atoms with Crippen LogP contribution in [0.5, 0.6) is 5.75 Å². The molecule has 43 heavy (non-hydrogen) atoms. The van der Waals surface area contributed by atoms with Crippen LogP contribution in [0.1, 0.15) is 71.5 Å². The average molecular weight is 588 g/mol. The van der Waals surface area contributed by atoms with Gasteiger partial charge in [0.05, 0.1) is 12.2 Å². The lowest BCUT2D eigenvalue weighted by atomic mass is 10.0. The Morgan fingerprint density at radius 1 is 0.837 bits per heavy atom. The van der Waals surface area contributed by atoms with Crippen LogP contribution in [0.3, 0.4) is 0 Å². The first-order valence-corrected chi connectivity index (χ1v) is 15.4. The predicted octanol–water partition coefficient (Wildman–Crippen LogP) is 5.50. The second-order valence-corrected chi connectivity index (χ2v) is 10.9. The van der Waals surface area contributed by atoms with Gasteiger partial charge in [-0.2, -0.15) is 0 Å². The zero-order valence-electron chi connectivity index (χ0n) is 26.6. The molecular formula is C35H49N5O3. The topological polar surface area (TPSA) is 105 Å². The summed E-state index contributed by atoms with van der Waals surface area (Å²) in [4.78, 5) is 31.5. The van der Waals surface area contributed by atoms with Crippen LogP contribution >= 0.6 is 0 Å². The Kier molecular flexibility index (Phi) is 13.0. The van der Waals surface area contributed by atoms with E-state index in [4.69, 9.17) is 16.2 Å². The molecule has 0 unspecified atom stereocenters. The van der Waals surface area contributed by atoms with Crippen LogP contribution in [0.15, 0.2) is 60.7 Å². The van der Waals surface area contributed by atoms with Crippen molar-refractivity contribution >= 4 is 23.1 Å². The van der Waals surface area contributed by atoms with Crippen LogP contribution in [-0.2, 0) is 19.5 Å². The van der Waals surface area contributed by atoms with Crippen LogP contribution in [0.25, 0.3) is 0 Å². The third-order valence-electron chi connectivity index (χ3n) is 7.75. The molecule has 0 bridgehead atoms. The summed E-state index contributed by atoms with van der Waals surface area (Å²) in [6.07, 6.45) is 2.13. The summed E-state index contributed by atoms with van der Waals surface area (Å²) < 4.78 is 5.99. The fourth-order valence-electron chi connectivity index (χ4n) is 5.16. The van der Waals surface area contributed by atoms with Crippen LogP contribution < -0.4 is 16.2 Å². The predicted molar refractivity (Wildman–Crippen MR) is 177 cm³/mol. The number of likely N-dealkylation sites (N-methyl/N-ethyl adjacent to an activating group) is 1. The van der Waals surface area contributed by atoms with E-state index in [0.717, 1.165) is 62.4 Å². The van der Waals surface area contributed by atoms with Gasteiger partial charge in [-0.05, 0) is 67.8 Å². The number of hydrogen-bond donors (Lipinski definition) is 2. The molecule has 1 amide bonds. The number of anilines is 2. The highest BCUT2D eigenvalue weighted by Crippen LogP contribution is 2.30. The zero-order chi connectivity index (χ0) is 31.4. The Bertz CT molecular complexity index is 1340. The Morgan fingerprint density at radius 3 is 2.12 bits per heavy atom. The monoisotopic (exact) mass is 587 g/mol. The molecule has 2 aliphatic heterocycles. The lowest BCUT2D eigenvalue weighted by molar-refractivity contribution is 0.0752. The Labute approximate surface area is 257 Å². The van der Waals surface area contributed by atoms with Gasteiger partial charge in [-0.25, -0.2) is 0 Å². The van der Waals surface area contributed by atoms with Crippen molar-refractivity contribution in [2.75, 3.05) is 57.8 Å².